The van der Waals surface area contributed by atoms with E-state index in [2.05, 4.69) is 78.0 Å². The molecule has 2 fully saturated rings. The van der Waals surface area contributed by atoms with Crippen LogP contribution in [-0.4, -0.2) is 9.13 Å². The van der Waals surface area contributed by atoms with Crippen LogP contribution < -0.4 is 0 Å². The van der Waals surface area contributed by atoms with Gasteiger partial charge in [-0.25, -0.2) is 0 Å². The Labute approximate surface area is 191 Å². The molecule has 2 heterocycles. The number of rotatable bonds is 2. The maximum Gasteiger partial charge on any atom is 0.0483 e. The van der Waals surface area contributed by atoms with Crippen molar-refractivity contribution < 1.29 is 0 Å². The number of para-hydroxylation sites is 2. The van der Waals surface area contributed by atoms with Gasteiger partial charge < -0.3 is 9.13 Å². The monoisotopic (exact) mass is 422 g/mol. The minimum Gasteiger partial charge on any atom is -0.350 e. The van der Waals surface area contributed by atoms with Crippen LogP contribution in [-0.2, 0) is 14.1 Å². The van der Waals surface area contributed by atoms with Gasteiger partial charge in [-0.2, -0.15) is 0 Å². The molecule has 2 atom stereocenters. The molecule has 4 aromatic rings. The Kier molecular flexibility index (Phi) is 4.02. The summed E-state index contributed by atoms with van der Waals surface area (Å²) in [5.41, 5.74) is 8.15. The zero-order valence-electron chi connectivity index (χ0n) is 19.5. The summed E-state index contributed by atoms with van der Waals surface area (Å²) in [4.78, 5) is 0. The van der Waals surface area contributed by atoms with Crippen molar-refractivity contribution in [3.63, 3.8) is 0 Å². The van der Waals surface area contributed by atoms with Crippen molar-refractivity contribution in [2.75, 3.05) is 0 Å². The smallest absolute Gasteiger partial charge is 0.0483 e. The molecule has 164 valence electrons. The largest absolute Gasteiger partial charge is 0.350 e. The standard InChI is InChI=1S/C30H34N2/c1-31-19-23(21-13-5-7-15-24(21)31)28-29-26(22-14-6-8-16-25(22)32(29)2)27(20-11-3-4-12-20)30(28)17-9-10-18-30/h5-8,13-16,19-20,27-28H,3-4,9-12,17-18H2,1-2H3/t27-,28-/m0/s1. The Hall–Kier alpha value is -2.48. The Balaban J connectivity index is 1.58. The molecule has 0 aliphatic heterocycles. The molecular weight excluding hydrogens is 388 g/mol. The van der Waals surface area contributed by atoms with Crippen LogP contribution in [0.2, 0.25) is 0 Å². The fraction of sp³-hybridized carbons (Fsp3) is 0.467. The third kappa shape index (κ3) is 2.31. The van der Waals surface area contributed by atoms with Gasteiger partial charge >= 0.3 is 0 Å². The highest BCUT2D eigenvalue weighted by molar-refractivity contribution is 5.90. The highest BCUT2D eigenvalue weighted by Gasteiger charge is 2.59. The van der Waals surface area contributed by atoms with Crippen LogP contribution in [0.1, 0.15) is 80.0 Å². The normalized spacial score (nSPS) is 24.9. The summed E-state index contributed by atoms with van der Waals surface area (Å²) in [6, 6.07) is 18.4. The molecule has 2 saturated carbocycles. The summed E-state index contributed by atoms with van der Waals surface area (Å²) in [6.45, 7) is 0. The van der Waals surface area contributed by atoms with E-state index in [0.29, 0.717) is 11.3 Å². The lowest BCUT2D eigenvalue weighted by Crippen LogP contribution is -2.31. The van der Waals surface area contributed by atoms with E-state index in [9.17, 15) is 0 Å². The molecule has 7 rings (SSSR count). The maximum absolute atomic E-state index is 2.59. The minimum absolute atomic E-state index is 0.394. The quantitative estimate of drug-likeness (QED) is 0.314. The van der Waals surface area contributed by atoms with E-state index in [4.69, 9.17) is 0 Å². The zero-order valence-corrected chi connectivity index (χ0v) is 19.5. The number of hydrogen-bond acceptors (Lipinski definition) is 0. The first-order valence-electron chi connectivity index (χ1n) is 12.8. The summed E-state index contributed by atoms with van der Waals surface area (Å²) >= 11 is 0. The molecule has 0 unspecified atom stereocenters. The molecular formula is C30H34N2. The van der Waals surface area contributed by atoms with Crippen LogP contribution in [0.4, 0.5) is 0 Å². The van der Waals surface area contributed by atoms with Crippen molar-refractivity contribution in [1.29, 1.82) is 0 Å². The summed E-state index contributed by atoms with van der Waals surface area (Å²) in [7, 11) is 4.58. The van der Waals surface area contributed by atoms with Crippen molar-refractivity contribution in [2.24, 2.45) is 25.4 Å². The second kappa shape index (κ2) is 6.76. The Morgan fingerprint density at radius 3 is 2.19 bits per heavy atom. The Morgan fingerprint density at radius 1 is 0.781 bits per heavy atom. The van der Waals surface area contributed by atoms with Gasteiger partial charge in [-0.3, -0.25) is 0 Å². The minimum atomic E-state index is 0.394. The zero-order chi connectivity index (χ0) is 21.4. The number of fused-ring (bicyclic) bond motifs is 4. The van der Waals surface area contributed by atoms with Crippen LogP contribution in [0.25, 0.3) is 21.8 Å². The van der Waals surface area contributed by atoms with Crippen LogP contribution in [0.15, 0.2) is 54.7 Å². The average molecular weight is 423 g/mol. The number of aromatic nitrogens is 2. The van der Waals surface area contributed by atoms with Crippen molar-refractivity contribution >= 4 is 21.8 Å². The van der Waals surface area contributed by atoms with Gasteiger partial charge in [0.25, 0.3) is 0 Å². The lowest BCUT2D eigenvalue weighted by molar-refractivity contribution is 0.170. The first kappa shape index (κ1) is 19.0. The highest BCUT2D eigenvalue weighted by Crippen LogP contribution is 2.70. The predicted molar refractivity (Wildman–Crippen MR) is 133 cm³/mol. The summed E-state index contributed by atoms with van der Waals surface area (Å²) in [6.07, 6.45) is 13.8. The van der Waals surface area contributed by atoms with E-state index < -0.39 is 0 Å². The SMILES string of the molecule is Cn1cc([C@H]2c3c(c4ccccc4n3C)[C@H](C3CCCC3)C23CCCC3)c2ccccc21. The Bertz CT molecular complexity index is 1320. The third-order valence-electron chi connectivity index (χ3n) is 9.62. The Morgan fingerprint density at radius 2 is 1.44 bits per heavy atom. The van der Waals surface area contributed by atoms with E-state index in [1.165, 1.54) is 73.2 Å². The summed E-state index contributed by atoms with van der Waals surface area (Å²) in [5, 5.41) is 3.01. The van der Waals surface area contributed by atoms with Crippen LogP contribution in [0, 0.1) is 11.3 Å². The van der Waals surface area contributed by atoms with Gasteiger partial charge in [0.15, 0.2) is 0 Å². The van der Waals surface area contributed by atoms with Gasteiger partial charge in [-0.05, 0) is 66.2 Å². The first-order valence-corrected chi connectivity index (χ1v) is 12.8. The van der Waals surface area contributed by atoms with Crippen LogP contribution in [0.5, 0.6) is 0 Å². The maximum atomic E-state index is 2.59. The topological polar surface area (TPSA) is 9.86 Å². The second-order valence-corrected chi connectivity index (χ2v) is 11.0. The molecule has 0 N–H and O–H groups in total. The molecule has 0 bridgehead atoms. The van der Waals surface area contributed by atoms with Crippen LogP contribution >= 0.6 is 0 Å². The lowest BCUT2D eigenvalue weighted by atomic mass is 9.62. The number of hydrogen-bond donors (Lipinski definition) is 0. The van der Waals surface area contributed by atoms with E-state index >= 15 is 0 Å². The molecule has 0 radical (unpaired) electrons. The molecule has 3 aliphatic carbocycles. The van der Waals surface area contributed by atoms with Crippen LogP contribution in [0.3, 0.4) is 0 Å². The van der Waals surface area contributed by atoms with Gasteiger partial charge in [-0.1, -0.05) is 62.1 Å². The van der Waals surface area contributed by atoms with Gasteiger partial charge in [0.1, 0.15) is 0 Å². The average Bonchev–Trinajstić information content (AvgIpc) is 3.63. The van der Waals surface area contributed by atoms with E-state index in [1.807, 2.05) is 0 Å². The predicted octanol–water partition coefficient (Wildman–Crippen LogP) is 7.65. The summed E-state index contributed by atoms with van der Waals surface area (Å²) < 4.78 is 4.96. The number of aryl methyl sites for hydroxylation is 2. The van der Waals surface area contributed by atoms with Crippen molar-refractivity contribution in [3.05, 3.63) is 71.5 Å². The molecule has 2 aromatic carbocycles. The number of nitrogens with zero attached hydrogens (tertiary/aromatic N) is 2. The molecule has 2 heteroatoms. The second-order valence-electron chi connectivity index (χ2n) is 11.0. The van der Waals surface area contributed by atoms with E-state index in [-0.39, 0.29) is 0 Å². The van der Waals surface area contributed by atoms with Crippen molar-refractivity contribution in [2.45, 2.75) is 63.2 Å². The number of benzene rings is 2. The molecule has 3 aliphatic rings. The van der Waals surface area contributed by atoms with Gasteiger partial charge in [0.2, 0.25) is 0 Å². The van der Waals surface area contributed by atoms with Gasteiger partial charge in [-0.15, -0.1) is 0 Å². The molecule has 0 saturated heterocycles. The molecule has 1 spiro atoms. The third-order valence-corrected chi connectivity index (χ3v) is 9.62. The van der Waals surface area contributed by atoms with Gasteiger partial charge in [0, 0.05) is 53.7 Å². The molecule has 2 aromatic heterocycles. The summed E-state index contributed by atoms with van der Waals surface area (Å²) in [5.74, 6) is 2.09. The van der Waals surface area contributed by atoms with E-state index in [0.717, 1.165) is 11.8 Å². The molecule has 0 amide bonds. The van der Waals surface area contributed by atoms with Crippen molar-refractivity contribution in [3.8, 4) is 0 Å². The highest BCUT2D eigenvalue weighted by atomic mass is 15.0. The molecule has 32 heavy (non-hydrogen) atoms. The lowest BCUT2D eigenvalue weighted by Gasteiger charge is -2.41. The fourth-order valence-corrected chi connectivity index (χ4v) is 8.55. The van der Waals surface area contributed by atoms with E-state index in [1.54, 1.807) is 16.8 Å². The fourth-order valence-electron chi connectivity index (χ4n) is 8.55. The first-order chi connectivity index (χ1) is 15.7. The molecule has 2 nitrogen and oxygen atoms in total. The van der Waals surface area contributed by atoms with Gasteiger partial charge in [0.05, 0.1) is 0 Å². The van der Waals surface area contributed by atoms with Crippen molar-refractivity contribution in [1.82, 2.24) is 9.13 Å².